The summed E-state index contributed by atoms with van der Waals surface area (Å²) < 4.78 is 10.8. The van der Waals surface area contributed by atoms with Crippen LogP contribution in [0, 0.1) is 10.8 Å². The standard InChI is InChI=1S/C14H16N2O3S/c17-13(15-5-6-18-8-9-1-2-9)10-3-4-11-12(7-10)19-14(20)16-11/h3-4,7,9H,1-2,5-6,8H2,(H,15,17)(H,16,20). The van der Waals surface area contributed by atoms with Crippen molar-refractivity contribution in [3.8, 4) is 0 Å². The van der Waals surface area contributed by atoms with Gasteiger partial charge >= 0.3 is 0 Å². The number of aromatic nitrogens is 1. The average Bonchev–Trinajstić information content (AvgIpc) is 3.17. The van der Waals surface area contributed by atoms with Gasteiger partial charge in [-0.1, -0.05) is 0 Å². The minimum atomic E-state index is -0.135. The maximum atomic E-state index is 12.0. The summed E-state index contributed by atoms with van der Waals surface area (Å²) in [5.41, 5.74) is 1.93. The van der Waals surface area contributed by atoms with Crippen LogP contribution in [0.25, 0.3) is 11.1 Å². The number of benzene rings is 1. The lowest BCUT2D eigenvalue weighted by Gasteiger charge is -2.06. The molecular weight excluding hydrogens is 276 g/mol. The number of carbonyl (C=O) groups excluding carboxylic acids is 1. The number of ether oxygens (including phenoxy) is 1. The highest BCUT2D eigenvalue weighted by Gasteiger charge is 2.20. The van der Waals surface area contributed by atoms with Crippen LogP contribution in [0.4, 0.5) is 0 Å². The highest BCUT2D eigenvalue weighted by molar-refractivity contribution is 7.71. The van der Waals surface area contributed by atoms with E-state index in [-0.39, 0.29) is 5.91 Å². The fraction of sp³-hybridized carbons (Fsp3) is 0.429. The number of amides is 1. The predicted molar refractivity (Wildman–Crippen MR) is 77.3 cm³/mol. The summed E-state index contributed by atoms with van der Waals surface area (Å²) in [6.07, 6.45) is 2.55. The van der Waals surface area contributed by atoms with Crippen LogP contribution in [-0.4, -0.2) is 30.6 Å². The molecule has 0 radical (unpaired) electrons. The molecule has 1 amide bonds. The first kappa shape index (κ1) is 13.3. The molecule has 1 aliphatic rings. The highest BCUT2D eigenvalue weighted by Crippen LogP contribution is 2.28. The van der Waals surface area contributed by atoms with Gasteiger partial charge in [0.2, 0.25) is 0 Å². The van der Waals surface area contributed by atoms with Crippen molar-refractivity contribution in [2.45, 2.75) is 12.8 Å². The third-order valence-corrected chi connectivity index (χ3v) is 3.45. The van der Waals surface area contributed by atoms with E-state index >= 15 is 0 Å². The number of oxazole rings is 1. The molecule has 1 fully saturated rings. The number of H-pyrrole nitrogens is 1. The molecule has 1 aromatic heterocycles. The Hall–Kier alpha value is -1.66. The molecule has 1 heterocycles. The number of nitrogens with one attached hydrogen (secondary N) is 2. The Kier molecular flexibility index (Phi) is 3.84. The molecule has 6 heteroatoms. The van der Waals surface area contributed by atoms with Crippen LogP contribution in [0.1, 0.15) is 23.2 Å². The van der Waals surface area contributed by atoms with E-state index in [0.29, 0.717) is 29.1 Å². The normalized spacial score (nSPS) is 14.6. The van der Waals surface area contributed by atoms with Crippen LogP contribution in [0.2, 0.25) is 0 Å². The molecule has 5 nitrogen and oxygen atoms in total. The summed E-state index contributed by atoms with van der Waals surface area (Å²) in [5.74, 6) is 0.611. The Morgan fingerprint density at radius 2 is 2.35 bits per heavy atom. The largest absolute Gasteiger partial charge is 0.429 e. The summed E-state index contributed by atoms with van der Waals surface area (Å²) >= 11 is 4.91. The minimum absolute atomic E-state index is 0.135. The molecule has 0 aliphatic heterocycles. The number of fused-ring (bicyclic) bond motifs is 1. The molecule has 0 bridgehead atoms. The molecule has 0 saturated heterocycles. The van der Waals surface area contributed by atoms with E-state index in [1.165, 1.54) is 12.8 Å². The predicted octanol–water partition coefficient (Wildman–Crippen LogP) is 2.65. The Morgan fingerprint density at radius 1 is 1.50 bits per heavy atom. The monoisotopic (exact) mass is 292 g/mol. The van der Waals surface area contributed by atoms with Crippen molar-refractivity contribution in [3.63, 3.8) is 0 Å². The highest BCUT2D eigenvalue weighted by atomic mass is 32.1. The molecule has 20 heavy (non-hydrogen) atoms. The second-order valence-electron chi connectivity index (χ2n) is 5.00. The van der Waals surface area contributed by atoms with Crippen molar-refractivity contribution in [2.75, 3.05) is 19.8 Å². The lowest BCUT2D eigenvalue weighted by molar-refractivity contribution is 0.0906. The van der Waals surface area contributed by atoms with E-state index < -0.39 is 0 Å². The summed E-state index contributed by atoms with van der Waals surface area (Å²) in [5, 5.41) is 2.82. The zero-order valence-electron chi connectivity index (χ0n) is 11.0. The third-order valence-electron chi connectivity index (χ3n) is 3.27. The number of hydrogen-bond donors (Lipinski definition) is 2. The van der Waals surface area contributed by atoms with Gasteiger partial charge in [0.25, 0.3) is 10.7 Å². The van der Waals surface area contributed by atoms with E-state index in [1.807, 2.05) is 0 Å². The first-order valence-electron chi connectivity index (χ1n) is 6.71. The van der Waals surface area contributed by atoms with Gasteiger partial charge in [0.05, 0.1) is 12.1 Å². The Morgan fingerprint density at radius 3 is 3.15 bits per heavy atom. The van der Waals surface area contributed by atoms with Crippen LogP contribution < -0.4 is 5.32 Å². The second kappa shape index (κ2) is 5.76. The van der Waals surface area contributed by atoms with Crippen molar-refractivity contribution in [1.82, 2.24) is 10.3 Å². The summed E-state index contributed by atoms with van der Waals surface area (Å²) in [6.45, 7) is 1.88. The van der Waals surface area contributed by atoms with Crippen LogP contribution >= 0.6 is 12.2 Å². The van der Waals surface area contributed by atoms with Crippen LogP contribution in [0.5, 0.6) is 0 Å². The number of rotatable bonds is 6. The Balaban J connectivity index is 1.52. The fourth-order valence-corrected chi connectivity index (χ4v) is 2.16. The van der Waals surface area contributed by atoms with E-state index in [4.69, 9.17) is 21.4 Å². The van der Waals surface area contributed by atoms with E-state index in [1.54, 1.807) is 18.2 Å². The van der Waals surface area contributed by atoms with Gasteiger partial charge < -0.3 is 19.5 Å². The fourth-order valence-electron chi connectivity index (χ4n) is 1.96. The minimum Gasteiger partial charge on any atom is -0.429 e. The zero-order valence-corrected chi connectivity index (χ0v) is 11.8. The lowest BCUT2D eigenvalue weighted by atomic mass is 10.2. The van der Waals surface area contributed by atoms with Crippen LogP contribution in [0.15, 0.2) is 22.6 Å². The molecule has 1 saturated carbocycles. The first-order valence-corrected chi connectivity index (χ1v) is 7.12. The summed E-state index contributed by atoms with van der Waals surface area (Å²) in [7, 11) is 0. The van der Waals surface area contributed by atoms with E-state index in [2.05, 4.69) is 10.3 Å². The smallest absolute Gasteiger partial charge is 0.266 e. The van der Waals surface area contributed by atoms with Crippen molar-refractivity contribution in [3.05, 3.63) is 28.6 Å². The Labute approximate surface area is 121 Å². The van der Waals surface area contributed by atoms with E-state index in [9.17, 15) is 4.79 Å². The SMILES string of the molecule is O=C(NCCOCC1CC1)c1ccc2[nH]c(=S)oc2c1. The van der Waals surface area contributed by atoms with Crippen LogP contribution in [0.3, 0.4) is 0 Å². The molecule has 0 atom stereocenters. The molecule has 0 unspecified atom stereocenters. The number of hydrogen-bond acceptors (Lipinski definition) is 4. The summed E-state index contributed by atoms with van der Waals surface area (Å²) in [4.78, 5) is 15.2. The van der Waals surface area contributed by atoms with Crippen molar-refractivity contribution >= 4 is 29.2 Å². The van der Waals surface area contributed by atoms with Gasteiger partial charge in [0, 0.05) is 18.7 Å². The molecule has 2 aromatic rings. The first-order chi connectivity index (χ1) is 9.72. The average molecular weight is 292 g/mol. The number of aromatic amines is 1. The molecule has 0 spiro atoms. The van der Waals surface area contributed by atoms with Gasteiger partial charge in [-0.15, -0.1) is 0 Å². The lowest BCUT2D eigenvalue weighted by Crippen LogP contribution is -2.27. The second-order valence-corrected chi connectivity index (χ2v) is 5.37. The maximum Gasteiger partial charge on any atom is 0.266 e. The Bertz CT molecular complexity index is 672. The van der Waals surface area contributed by atoms with Gasteiger partial charge in [-0.3, -0.25) is 4.79 Å². The molecule has 2 N–H and O–H groups in total. The van der Waals surface area contributed by atoms with Gasteiger partial charge in [-0.05, 0) is 49.2 Å². The molecule has 106 valence electrons. The molecular formula is C14H16N2O3S. The topological polar surface area (TPSA) is 67.3 Å². The summed E-state index contributed by atoms with van der Waals surface area (Å²) in [6, 6.07) is 5.21. The zero-order chi connectivity index (χ0) is 13.9. The van der Waals surface area contributed by atoms with Crippen LogP contribution in [-0.2, 0) is 4.74 Å². The maximum absolute atomic E-state index is 12.0. The van der Waals surface area contributed by atoms with Gasteiger partial charge in [-0.2, -0.15) is 0 Å². The van der Waals surface area contributed by atoms with Gasteiger partial charge in [-0.25, -0.2) is 0 Å². The third kappa shape index (κ3) is 3.26. The van der Waals surface area contributed by atoms with Gasteiger partial charge in [0.1, 0.15) is 0 Å². The quantitative estimate of drug-likeness (QED) is 0.634. The van der Waals surface area contributed by atoms with Crippen molar-refractivity contribution in [1.29, 1.82) is 0 Å². The van der Waals surface area contributed by atoms with Crippen molar-refractivity contribution in [2.24, 2.45) is 5.92 Å². The molecule has 1 aromatic carbocycles. The van der Waals surface area contributed by atoms with Gasteiger partial charge in [0.15, 0.2) is 5.58 Å². The molecule has 3 rings (SSSR count). The van der Waals surface area contributed by atoms with E-state index in [0.717, 1.165) is 18.0 Å². The van der Waals surface area contributed by atoms with Crippen molar-refractivity contribution < 1.29 is 13.9 Å². The number of carbonyl (C=O) groups is 1. The molecule has 1 aliphatic carbocycles.